The molecule has 28 heavy (non-hydrogen) atoms. The fourth-order valence-corrected chi connectivity index (χ4v) is 2.91. The van der Waals surface area contributed by atoms with Crippen molar-refractivity contribution in [3.8, 4) is 17.2 Å². The van der Waals surface area contributed by atoms with Gasteiger partial charge in [-0.05, 0) is 65.7 Å². The molecule has 1 amide bonds. The number of nitrogens with one attached hydrogen (secondary N) is 1. The van der Waals surface area contributed by atoms with E-state index in [0.717, 1.165) is 15.2 Å². The second-order valence-electron chi connectivity index (χ2n) is 5.90. The molecule has 0 saturated heterocycles. The highest BCUT2D eigenvalue weighted by Gasteiger charge is 2.04. The van der Waals surface area contributed by atoms with Crippen molar-refractivity contribution in [2.45, 2.75) is 6.92 Å². The van der Waals surface area contributed by atoms with Crippen molar-refractivity contribution >= 4 is 38.8 Å². The highest BCUT2D eigenvalue weighted by molar-refractivity contribution is 9.10. The molecular weight excluding hydrogens is 424 g/mol. The molecule has 0 spiro atoms. The van der Waals surface area contributed by atoms with Crippen LogP contribution in [0.25, 0.3) is 10.8 Å². The quantitative estimate of drug-likeness (QED) is 0.423. The monoisotopic (exact) mass is 442 g/mol. The molecule has 3 aromatic carbocycles. The van der Waals surface area contributed by atoms with Crippen LogP contribution in [0.3, 0.4) is 0 Å². The van der Waals surface area contributed by atoms with E-state index in [4.69, 9.17) is 9.47 Å². The van der Waals surface area contributed by atoms with E-state index in [2.05, 4.69) is 26.5 Å². The van der Waals surface area contributed by atoms with Crippen LogP contribution in [0, 0.1) is 0 Å². The van der Waals surface area contributed by atoms with Crippen molar-refractivity contribution < 1.29 is 19.4 Å². The SMILES string of the molecule is CCOc1cc(C=NNC(=O)COc2ccc3cc(Br)ccc3c2)ccc1O. The molecule has 0 aliphatic rings. The standard InChI is InChI=1S/C21H19BrN2O4/c1-2-27-20-9-14(3-8-19(20)25)12-23-24-21(26)13-28-18-7-5-15-10-17(22)6-4-16(15)11-18/h3-12,25H,2,13H2,1H3,(H,24,26). The summed E-state index contributed by atoms with van der Waals surface area (Å²) < 4.78 is 11.8. The zero-order chi connectivity index (χ0) is 19.9. The first-order valence-corrected chi connectivity index (χ1v) is 9.44. The van der Waals surface area contributed by atoms with Gasteiger partial charge in [0.05, 0.1) is 12.8 Å². The molecule has 0 atom stereocenters. The molecule has 0 heterocycles. The van der Waals surface area contributed by atoms with Gasteiger partial charge in [-0.15, -0.1) is 0 Å². The lowest BCUT2D eigenvalue weighted by Crippen LogP contribution is -2.24. The number of aromatic hydroxyl groups is 1. The minimum atomic E-state index is -0.379. The average molecular weight is 443 g/mol. The second-order valence-corrected chi connectivity index (χ2v) is 6.81. The van der Waals surface area contributed by atoms with Crippen LogP contribution < -0.4 is 14.9 Å². The minimum absolute atomic E-state index is 0.0548. The largest absolute Gasteiger partial charge is 0.504 e. The summed E-state index contributed by atoms with van der Waals surface area (Å²) in [7, 11) is 0. The molecule has 3 rings (SSSR count). The molecule has 0 aliphatic carbocycles. The van der Waals surface area contributed by atoms with Crippen molar-refractivity contribution in [2.24, 2.45) is 5.10 Å². The number of phenols is 1. The van der Waals surface area contributed by atoms with Gasteiger partial charge in [0.25, 0.3) is 5.91 Å². The number of phenolic OH excluding ortho intramolecular Hbond substituents is 1. The maximum absolute atomic E-state index is 11.9. The highest BCUT2D eigenvalue weighted by Crippen LogP contribution is 2.26. The highest BCUT2D eigenvalue weighted by atomic mass is 79.9. The van der Waals surface area contributed by atoms with Gasteiger partial charge < -0.3 is 14.6 Å². The third-order valence-electron chi connectivity index (χ3n) is 3.83. The molecule has 0 aromatic heterocycles. The van der Waals surface area contributed by atoms with Crippen LogP contribution in [0.2, 0.25) is 0 Å². The van der Waals surface area contributed by atoms with E-state index >= 15 is 0 Å². The Morgan fingerprint density at radius 2 is 1.89 bits per heavy atom. The molecule has 0 bridgehead atoms. The van der Waals surface area contributed by atoms with Gasteiger partial charge in [-0.3, -0.25) is 4.79 Å². The van der Waals surface area contributed by atoms with E-state index in [9.17, 15) is 9.90 Å². The Kier molecular flexibility index (Phi) is 6.49. The van der Waals surface area contributed by atoms with Crippen LogP contribution in [0.5, 0.6) is 17.2 Å². The maximum atomic E-state index is 11.9. The van der Waals surface area contributed by atoms with Crippen LogP contribution in [-0.2, 0) is 4.79 Å². The summed E-state index contributed by atoms with van der Waals surface area (Å²) in [4.78, 5) is 11.9. The predicted octanol–water partition coefficient (Wildman–Crippen LogP) is 4.24. The summed E-state index contributed by atoms with van der Waals surface area (Å²) in [5.41, 5.74) is 3.09. The number of rotatable bonds is 7. The lowest BCUT2D eigenvalue weighted by molar-refractivity contribution is -0.123. The molecular formula is C21H19BrN2O4. The Bertz CT molecular complexity index is 1020. The zero-order valence-electron chi connectivity index (χ0n) is 15.2. The van der Waals surface area contributed by atoms with Crippen LogP contribution in [0.15, 0.2) is 64.2 Å². The predicted molar refractivity (Wildman–Crippen MR) is 112 cm³/mol. The molecule has 0 radical (unpaired) electrons. The molecule has 144 valence electrons. The smallest absolute Gasteiger partial charge is 0.277 e. The third kappa shape index (κ3) is 5.23. The van der Waals surface area contributed by atoms with E-state index < -0.39 is 0 Å². The Morgan fingerprint density at radius 3 is 2.71 bits per heavy atom. The first-order chi connectivity index (χ1) is 13.5. The summed E-state index contributed by atoms with van der Waals surface area (Å²) in [6.45, 7) is 2.11. The summed E-state index contributed by atoms with van der Waals surface area (Å²) in [5, 5.41) is 15.7. The van der Waals surface area contributed by atoms with Gasteiger partial charge in [-0.25, -0.2) is 5.43 Å². The number of halogens is 1. The van der Waals surface area contributed by atoms with E-state index in [1.807, 2.05) is 43.3 Å². The number of hydrogen-bond acceptors (Lipinski definition) is 5. The number of ether oxygens (including phenoxy) is 2. The Labute approximate surface area is 170 Å². The molecule has 2 N–H and O–H groups in total. The molecule has 6 nitrogen and oxygen atoms in total. The lowest BCUT2D eigenvalue weighted by Gasteiger charge is -2.07. The molecule has 0 saturated carbocycles. The van der Waals surface area contributed by atoms with Crippen molar-refractivity contribution in [3.63, 3.8) is 0 Å². The van der Waals surface area contributed by atoms with Crippen LogP contribution >= 0.6 is 15.9 Å². The van der Waals surface area contributed by atoms with E-state index in [-0.39, 0.29) is 18.3 Å². The van der Waals surface area contributed by atoms with Gasteiger partial charge in [0.1, 0.15) is 5.75 Å². The normalized spacial score (nSPS) is 10.9. The van der Waals surface area contributed by atoms with Gasteiger partial charge in [0, 0.05) is 4.47 Å². The molecule has 3 aromatic rings. The number of hydrazone groups is 1. The summed E-state index contributed by atoms with van der Waals surface area (Å²) >= 11 is 3.44. The molecule has 0 fully saturated rings. The average Bonchev–Trinajstić information content (AvgIpc) is 2.69. The van der Waals surface area contributed by atoms with E-state index in [1.165, 1.54) is 12.3 Å². The van der Waals surface area contributed by atoms with E-state index in [0.29, 0.717) is 23.7 Å². The van der Waals surface area contributed by atoms with Gasteiger partial charge in [0.2, 0.25) is 0 Å². The number of carbonyl (C=O) groups is 1. The molecule has 0 aliphatic heterocycles. The van der Waals surface area contributed by atoms with Crippen LogP contribution in [0.1, 0.15) is 12.5 Å². The Hall–Kier alpha value is -3.06. The number of fused-ring (bicyclic) bond motifs is 1. The van der Waals surface area contributed by atoms with E-state index in [1.54, 1.807) is 12.1 Å². The van der Waals surface area contributed by atoms with Crippen molar-refractivity contribution in [1.82, 2.24) is 5.43 Å². The summed E-state index contributed by atoms with van der Waals surface area (Å²) in [6, 6.07) is 16.4. The third-order valence-corrected chi connectivity index (χ3v) is 4.32. The first kappa shape index (κ1) is 19.7. The molecule has 7 heteroatoms. The first-order valence-electron chi connectivity index (χ1n) is 8.65. The fraction of sp³-hybridized carbons (Fsp3) is 0.143. The number of nitrogens with zero attached hydrogens (tertiary/aromatic N) is 1. The van der Waals surface area contributed by atoms with Crippen molar-refractivity contribution in [1.29, 1.82) is 0 Å². The van der Waals surface area contributed by atoms with Crippen molar-refractivity contribution in [3.05, 3.63) is 64.6 Å². The van der Waals surface area contributed by atoms with Crippen LogP contribution in [-0.4, -0.2) is 30.4 Å². The van der Waals surface area contributed by atoms with Gasteiger partial charge >= 0.3 is 0 Å². The number of benzene rings is 3. The fourth-order valence-electron chi connectivity index (χ4n) is 2.53. The zero-order valence-corrected chi connectivity index (χ0v) is 16.8. The van der Waals surface area contributed by atoms with Gasteiger partial charge in [0.15, 0.2) is 18.1 Å². The summed E-state index contributed by atoms with van der Waals surface area (Å²) in [6.07, 6.45) is 1.47. The number of amides is 1. The topological polar surface area (TPSA) is 80.2 Å². The lowest BCUT2D eigenvalue weighted by atomic mass is 10.1. The second kappa shape index (κ2) is 9.23. The molecule has 0 unspecified atom stereocenters. The summed E-state index contributed by atoms with van der Waals surface area (Å²) in [5.74, 6) is 0.647. The Balaban J connectivity index is 1.54. The van der Waals surface area contributed by atoms with Gasteiger partial charge in [-0.2, -0.15) is 5.10 Å². The van der Waals surface area contributed by atoms with Gasteiger partial charge in [-0.1, -0.05) is 28.1 Å². The number of carbonyl (C=O) groups excluding carboxylic acids is 1. The number of hydrogen-bond donors (Lipinski definition) is 2. The minimum Gasteiger partial charge on any atom is -0.504 e. The van der Waals surface area contributed by atoms with Crippen molar-refractivity contribution in [2.75, 3.05) is 13.2 Å². The maximum Gasteiger partial charge on any atom is 0.277 e. The Morgan fingerprint density at radius 1 is 1.11 bits per heavy atom. The van der Waals surface area contributed by atoms with Crippen LogP contribution in [0.4, 0.5) is 0 Å².